The lowest BCUT2D eigenvalue weighted by Crippen LogP contribution is -2.16. The number of carboxylic acid groups (broad SMARTS) is 1. The number of aliphatic carboxylic acids is 1. The van der Waals surface area contributed by atoms with Crippen molar-refractivity contribution in [3.63, 3.8) is 0 Å². The van der Waals surface area contributed by atoms with Gasteiger partial charge in [0.15, 0.2) is 14.7 Å². The van der Waals surface area contributed by atoms with Gasteiger partial charge in [0.05, 0.1) is 10.9 Å². The first-order chi connectivity index (χ1) is 11.6. The van der Waals surface area contributed by atoms with Crippen LogP contribution in [0.25, 0.3) is 0 Å². The van der Waals surface area contributed by atoms with Gasteiger partial charge in [-0.15, -0.1) is 0 Å². The number of hydrogen-bond acceptors (Lipinski definition) is 2. The Morgan fingerprint density at radius 3 is 1.46 bits per heavy atom. The Hall–Kier alpha value is -1.79. The van der Waals surface area contributed by atoms with Gasteiger partial charge in [0.1, 0.15) is 0 Å². The summed E-state index contributed by atoms with van der Waals surface area (Å²) < 4.78 is 1.27. The second-order valence-corrected chi connectivity index (χ2v) is 8.15. The van der Waals surface area contributed by atoms with Gasteiger partial charge < -0.3 is 9.90 Å². The molecule has 0 unspecified atom stereocenters. The van der Waals surface area contributed by atoms with E-state index in [2.05, 4.69) is 108 Å². The summed E-state index contributed by atoms with van der Waals surface area (Å²) in [4.78, 5) is 13.0. The molecule has 24 heavy (non-hydrogen) atoms. The predicted octanol–water partition coefficient (Wildman–Crippen LogP) is 4.14. The number of carbonyl (C=O) groups excluding carboxylic acids is 1. The smallest absolute Gasteiger partial charge is 0.166 e. The van der Waals surface area contributed by atoms with Crippen LogP contribution in [0.3, 0.4) is 0 Å². The zero-order valence-corrected chi connectivity index (χ0v) is 16.2. The first kappa shape index (κ1) is 18.5. The third-order valence-electron chi connectivity index (χ3n) is 3.01. The minimum absolute atomic E-state index is 0.0262. The van der Waals surface area contributed by atoms with E-state index in [4.69, 9.17) is 9.90 Å². The van der Waals surface area contributed by atoms with E-state index in [-0.39, 0.29) is 10.9 Å². The van der Waals surface area contributed by atoms with Crippen molar-refractivity contribution in [2.24, 2.45) is 0 Å². The van der Waals surface area contributed by atoms with Crippen molar-refractivity contribution in [2.75, 3.05) is 0 Å². The number of carbonyl (C=O) groups is 1. The number of rotatable bonds is 3. The van der Waals surface area contributed by atoms with Crippen molar-refractivity contribution >= 4 is 39.5 Å². The molecule has 122 valence electrons. The molecule has 3 aromatic carbocycles. The summed E-state index contributed by atoms with van der Waals surface area (Å²) in [5.41, 5.74) is 0. The van der Waals surface area contributed by atoms with Gasteiger partial charge in [0.25, 0.3) is 0 Å². The Morgan fingerprint density at radius 2 is 1.08 bits per heavy atom. The monoisotopic (exact) mass is 448 g/mol. The molecule has 0 aliphatic heterocycles. The van der Waals surface area contributed by atoms with Crippen LogP contribution in [0, 0.1) is 3.57 Å². The summed E-state index contributed by atoms with van der Waals surface area (Å²) in [6.45, 7) is 0.972. The fraction of sp³-hybridized carbons (Fsp3) is 0.0500. The largest absolute Gasteiger partial charge is 0.550 e. The highest BCUT2D eigenvalue weighted by Crippen LogP contribution is 2.31. The van der Waals surface area contributed by atoms with E-state index in [9.17, 15) is 0 Å². The van der Waals surface area contributed by atoms with Gasteiger partial charge >= 0.3 is 0 Å². The lowest BCUT2D eigenvalue weighted by molar-refractivity contribution is -0.302. The van der Waals surface area contributed by atoms with Crippen LogP contribution in [-0.2, 0) is 15.7 Å². The number of hydrogen-bond donors (Lipinski definition) is 0. The Kier molecular flexibility index (Phi) is 7.34. The molecular weight excluding hydrogens is 431 g/mol. The van der Waals surface area contributed by atoms with Crippen molar-refractivity contribution < 1.29 is 9.90 Å². The molecule has 0 aliphatic carbocycles. The van der Waals surface area contributed by atoms with Crippen LogP contribution < -0.4 is 5.11 Å². The van der Waals surface area contributed by atoms with Crippen LogP contribution >= 0.6 is 22.6 Å². The number of benzene rings is 3. The second kappa shape index (κ2) is 9.49. The zero-order chi connectivity index (χ0) is 17.4. The molecule has 0 N–H and O–H groups in total. The maximum Gasteiger partial charge on any atom is 0.166 e. The van der Waals surface area contributed by atoms with Crippen molar-refractivity contribution in [3.05, 3.63) is 88.5 Å². The maximum absolute atomic E-state index is 8.89. The first-order valence-corrected chi connectivity index (χ1v) is 9.66. The quantitative estimate of drug-likeness (QED) is 0.447. The molecule has 0 bridgehead atoms. The molecule has 0 saturated carbocycles. The van der Waals surface area contributed by atoms with Gasteiger partial charge in [0, 0.05) is 9.54 Å². The van der Waals surface area contributed by atoms with Gasteiger partial charge in [-0.05, 0) is 78.0 Å². The molecule has 4 heteroatoms. The summed E-state index contributed by atoms with van der Waals surface area (Å²) in [5, 5.41) is 8.89. The SMILES string of the molecule is CC(=O)[O-].Ic1ccc([S+](c2ccccc2)c2ccccc2)cc1. The lowest BCUT2D eigenvalue weighted by Gasteiger charge is -2.07. The molecule has 3 rings (SSSR count). The van der Waals surface area contributed by atoms with Gasteiger partial charge in [0.2, 0.25) is 0 Å². The van der Waals surface area contributed by atoms with Gasteiger partial charge in [-0.3, -0.25) is 0 Å². The Balaban J connectivity index is 0.000000471. The Morgan fingerprint density at radius 1 is 0.750 bits per heavy atom. The Labute approximate surface area is 159 Å². The summed E-state index contributed by atoms with van der Waals surface area (Å²) in [6.07, 6.45) is 0. The summed E-state index contributed by atoms with van der Waals surface area (Å²) in [7, 11) is -0.0262. The first-order valence-electron chi connectivity index (χ1n) is 7.35. The second-order valence-electron chi connectivity index (χ2n) is 4.88. The molecule has 0 aromatic heterocycles. The van der Waals surface area contributed by atoms with Crippen LogP contribution in [-0.4, -0.2) is 5.97 Å². The van der Waals surface area contributed by atoms with Crippen molar-refractivity contribution in [1.29, 1.82) is 0 Å². The molecule has 0 saturated heterocycles. The molecule has 0 radical (unpaired) electrons. The highest BCUT2D eigenvalue weighted by Gasteiger charge is 2.27. The Bertz CT molecular complexity index is 715. The fourth-order valence-electron chi connectivity index (χ4n) is 2.09. The highest BCUT2D eigenvalue weighted by molar-refractivity contribution is 14.1. The normalized spacial score (nSPS) is 9.96. The molecule has 0 atom stereocenters. The van der Waals surface area contributed by atoms with E-state index in [0.29, 0.717) is 0 Å². The summed E-state index contributed by atoms with van der Waals surface area (Å²) in [6, 6.07) is 30.3. The van der Waals surface area contributed by atoms with Crippen LogP contribution in [0.2, 0.25) is 0 Å². The van der Waals surface area contributed by atoms with E-state index in [0.717, 1.165) is 6.92 Å². The topological polar surface area (TPSA) is 40.1 Å². The number of halogens is 1. The third kappa shape index (κ3) is 5.69. The van der Waals surface area contributed by atoms with Crippen molar-refractivity contribution in [3.8, 4) is 0 Å². The molecule has 0 amide bonds. The van der Waals surface area contributed by atoms with E-state index in [1.165, 1.54) is 18.3 Å². The van der Waals surface area contributed by atoms with Crippen LogP contribution in [0.15, 0.2) is 99.6 Å². The average molecular weight is 448 g/mol. The van der Waals surface area contributed by atoms with Gasteiger partial charge in [-0.2, -0.15) is 0 Å². The van der Waals surface area contributed by atoms with Crippen LogP contribution in [0.4, 0.5) is 0 Å². The minimum atomic E-state index is -1.08. The van der Waals surface area contributed by atoms with Gasteiger partial charge in [-0.1, -0.05) is 36.4 Å². The van der Waals surface area contributed by atoms with Gasteiger partial charge in [-0.25, -0.2) is 0 Å². The molecule has 0 heterocycles. The minimum Gasteiger partial charge on any atom is -0.550 e. The number of carboxylic acids is 1. The zero-order valence-electron chi connectivity index (χ0n) is 13.2. The summed E-state index contributed by atoms with van der Waals surface area (Å²) in [5.74, 6) is -1.08. The van der Waals surface area contributed by atoms with Crippen LogP contribution in [0.5, 0.6) is 0 Å². The molecular formula is C20H17IO2S. The molecule has 0 spiro atoms. The lowest BCUT2D eigenvalue weighted by atomic mass is 10.4. The fourth-order valence-corrected chi connectivity index (χ4v) is 4.54. The van der Waals surface area contributed by atoms with E-state index in [1.807, 2.05) is 0 Å². The summed E-state index contributed by atoms with van der Waals surface area (Å²) >= 11 is 2.35. The standard InChI is InChI=1S/C18H14IS.C2H4O2/c19-15-11-13-18(14-12-15)20(16-7-3-1-4-8-16)17-9-5-2-6-10-17;1-2(3)4/h1-14H;1H3,(H,3,4)/q+1;/p-1. The highest BCUT2D eigenvalue weighted by atomic mass is 127. The van der Waals surface area contributed by atoms with Crippen molar-refractivity contribution in [2.45, 2.75) is 21.6 Å². The molecule has 0 aliphatic rings. The average Bonchev–Trinajstić information content (AvgIpc) is 2.58. The maximum atomic E-state index is 8.89. The molecule has 2 nitrogen and oxygen atoms in total. The van der Waals surface area contributed by atoms with E-state index >= 15 is 0 Å². The van der Waals surface area contributed by atoms with E-state index in [1.54, 1.807) is 0 Å². The van der Waals surface area contributed by atoms with Crippen molar-refractivity contribution in [1.82, 2.24) is 0 Å². The molecule has 0 fully saturated rings. The predicted molar refractivity (Wildman–Crippen MR) is 105 cm³/mol. The van der Waals surface area contributed by atoms with E-state index < -0.39 is 5.97 Å². The van der Waals surface area contributed by atoms with Crippen LogP contribution in [0.1, 0.15) is 6.92 Å². The third-order valence-corrected chi connectivity index (χ3v) is 5.96. The molecule has 3 aromatic rings.